The minimum atomic E-state index is -0.493. The average Bonchev–Trinajstić information content (AvgIpc) is 2.69. The van der Waals surface area contributed by atoms with Gasteiger partial charge in [-0.1, -0.05) is 11.6 Å². The van der Waals surface area contributed by atoms with Gasteiger partial charge in [0.1, 0.15) is 18.2 Å². The third kappa shape index (κ3) is 3.26. The quantitative estimate of drug-likeness (QED) is 0.915. The Bertz CT molecular complexity index is 467. The molecule has 0 unspecified atom stereocenters. The van der Waals surface area contributed by atoms with Gasteiger partial charge in [-0.05, 0) is 19.1 Å². The van der Waals surface area contributed by atoms with Crippen LogP contribution in [0.3, 0.4) is 0 Å². The average molecular weight is 273 g/mol. The molecular weight excluding hydrogens is 259 g/mol. The second kappa shape index (κ2) is 5.44. The molecule has 0 radical (unpaired) electrons. The topological polar surface area (TPSA) is 56.8 Å². The Kier molecular flexibility index (Phi) is 3.91. The van der Waals surface area contributed by atoms with Gasteiger partial charge < -0.3 is 15.2 Å². The second-order valence-corrected chi connectivity index (χ2v) is 4.58. The van der Waals surface area contributed by atoms with Crippen molar-refractivity contribution in [2.75, 3.05) is 6.61 Å². The summed E-state index contributed by atoms with van der Waals surface area (Å²) in [4.78, 5) is 4.10. The van der Waals surface area contributed by atoms with E-state index >= 15 is 0 Å². The van der Waals surface area contributed by atoms with Gasteiger partial charge in [-0.15, -0.1) is 0 Å². The van der Waals surface area contributed by atoms with Gasteiger partial charge in [0.25, 0.3) is 6.02 Å². The maximum Gasteiger partial charge on any atom is 0.282 e. The highest BCUT2D eigenvalue weighted by atomic mass is 35.5. The normalized spacial score (nSPS) is 20.2. The molecule has 0 saturated carbocycles. The first-order chi connectivity index (χ1) is 8.54. The van der Waals surface area contributed by atoms with Crippen molar-refractivity contribution in [3.05, 3.63) is 29.0 Å². The Labute approximate surface area is 110 Å². The predicted octanol–water partition coefficient (Wildman–Crippen LogP) is 2.35. The summed E-state index contributed by atoms with van der Waals surface area (Å²) in [7, 11) is 0. The minimum absolute atomic E-state index is 0.00264. The first-order valence-electron chi connectivity index (χ1n) is 5.62. The molecule has 1 aliphatic heterocycles. The van der Waals surface area contributed by atoms with E-state index in [0.717, 1.165) is 0 Å². The van der Waals surface area contributed by atoms with Gasteiger partial charge in [-0.2, -0.15) is 0 Å². The molecule has 18 heavy (non-hydrogen) atoms. The molecule has 2 rings (SSSR count). The molecule has 98 valence electrons. The fraction of sp³-hybridized carbons (Fsp3) is 0.417. The molecule has 6 heteroatoms. The van der Waals surface area contributed by atoms with Gasteiger partial charge in [0.15, 0.2) is 0 Å². The molecule has 0 fully saturated rings. The van der Waals surface area contributed by atoms with Crippen LogP contribution >= 0.6 is 11.6 Å². The van der Waals surface area contributed by atoms with Crippen LogP contribution < -0.4 is 10.5 Å². The number of nitrogens with zero attached hydrogens (tertiary/aromatic N) is 1. The lowest BCUT2D eigenvalue weighted by atomic mass is 10.1. The maximum atomic E-state index is 13.2. The van der Waals surface area contributed by atoms with E-state index in [-0.39, 0.29) is 23.2 Å². The van der Waals surface area contributed by atoms with Gasteiger partial charge in [-0.3, -0.25) is 0 Å². The van der Waals surface area contributed by atoms with E-state index in [1.54, 1.807) is 6.07 Å². The standard InChI is InChI=1S/C12H14ClFN2O2/c1-7(4-8-6-17-12(15)16-8)18-9-2-3-10(13)11(14)5-9/h2-3,5,7-8H,4,6H2,1H3,(H2,15,16)/t7-,8+/m1/s1. The molecule has 2 N–H and O–H groups in total. The summed E-state index contributed by atoms with van der Waals surface area (Å²) in [5, 5.41) is 0.0802. The van der Waals surface area contributed by atoms with Gasteiger partial charge in [0.2, 0.25) is 0 Å². The number of ether oxygens (including phenoxy) is 2. The van der Waals surface area contributed by atoms with E-state index < -0.39 is 5.82 Å². The smallest absolute Gasteiger partial charge is 0.282 e. The lowest BCUT2D eigenvalue weighted by Crippen LogP contribution is -2.20. The van der Waals surface area contributed by atoms with Crippen molar-refractivity contribution < 1.29 is 13.9 Å². The van der Waals surface area contributed by atoms with Crippen molar-refractivity contribution in [2.24, 2.45) is 10.7 Å². The SMILES string of the molecule is C[C@H](C[C@H]1COC(N)=N1)Oc1ccc(Cl)c(F)c1. The highest BCUT2D eigenvalue weighted by Crippen LogP contribution is 2.22. The molecule has 0 aliphatic carbocycles. The van der Waals surface area contributed by atoms with Crippen LogP contribution in [0.15, 0.2) is 23.2 Å². The van der Waals surface area contributed by atoms with Crippen molar-refractivity contribution in [3.63, 3.8) is 0 Å². The van der Waals surface area contributed by atoms with Gasteiger partial charge in [0.05, 0.1) is 17.2 Å². The molecule has 0 bridgehead atoms. The molecule has 0 amide bonds. The predicted molar refractivity (Wildman–Crippen MR) is 67.5 cm³/mol. The Morgan fingerprint density at radius 1 is 1.67 bits per heavy atom. The molecule has 0 aromatic heterocycles. The van der Waals surface area contributed by atoms with Crippen LogP contribution in [0.5, 0.6) is 5.75 Å². The van der Waals surface area contributed by atoms with E-state index in [1.165, 1.54) is 12.1 Å². The van der Waals surface area contributed by atoms with Crippen molar-refractivity contribution >= 4 is 17.6 Å². The molecule has 0 saturated heterocycles. The van der Waals surface area contributed by atoms with Crippen LogP contribution in [0.2, 0.25) is 5.02 Å². The Balaban J connectivity index is 1.90. The van der Waals surface area contributed by atoms with Crippen LogP contribution in [0.25, 0.3) is 0 Å². The molecule has 1 aromatic rings. The van der Waals surface area contributed by atoms with E-state index in [9.17, 15) is 4.39 Å². The lowest BCUT2D eigenvalue weighted by Gasteiger charge is -2.16. The molecule has 1 heterocycles. The van der Waals surface area contributed by atoms with Crippen LogP contribution in [0.1, 0.15) is 13.3 Å². The van der Waals surface area contributed by atoms with E-state index in [0.29, 0.717) is 18.8 Å². The fourth-order valence-electron chi connectivity index (χ4n) is 1.77. The number of benzene rings is 1. The largest absolute Gasteiger partial charge is 0.491 e. The first-order valence-corrected chi connectivity index (χ1v) is 6.00. The van der Waals surface area contributed by atoms with Gasteiger partial charge in [-0.25, -0.2) is 9.38 Å². The number of aliphatic imine (C=N–C) groups is 1. The zero-order valence-electron chi connectivity index (χ0n) is 9.90. The van der Waals surface area contributed by atoms with E-state index in [4.69, 9.17) is 26.8 Å². The molecule has 1 aromatic carbocycles. The number of halogens is 2. The summed E-state index contributed by atoms with van der Waals surface area (Å²) >= 11 is 5.59. The number of amidine groups is 1. The molecule has 0 spiro atoms. The highest BCUT2D eigenvalue weighted by Gasteiger charge is 2.20. The number of hydrogen-bond acceptors (Lipinski definition) is 4. The lowest BCUT2D eigenvalue weighted by molar-refractivity contribution is 0.189. The van der Waals surface area contributed by atoms with Crippen molar-refractivity contribution in [1.82, 2.24) is 0 Å². The molecule has 1 aliphatic rings. The summed E-state index contributed by atoms with van der Waals surface area (Å²) in [6, 6.07) is 4.57. The zero-order chi connectivity index (χ0) is 13.1. The summed E-state index contributed by atoms with van der Waals surface area (Å²) in [5.41, 5.74) is 5.41. The minimum Gasteiger partial charge on any atom is -0.491 e. The Morgan fingerprint density at radius 3 is 3.06 bits per heavy atom. The first kappa shape index (κ1) is 13.0. The number of rotatable bonds is 4. The molecule has 4 nitrogen and oxygen atoms in total. The fourth-order valence-corrected chi connectivity index (χ4v) is 1.89. The highest BCUT2D eigenvalue weighted by molar-refractivity contribution is 6.30. The molecular formula is C12H14ClFN2O2. The van der Waals surface area contributed by atoms with Crippen LogP contribution in [0, 0.1) is 5.82 Å². The number of hydrogen-bond donors (Lipinski definition) is 1. The maximum absolute atomic E-state index is 13.2. The third-order valence-electron chi connectivity index (χ3n) is 2.57. The van der Waals surface area contributed by atoms with E-state index in [1.807, 2.05) is 6.92 Å². The summed E-state index contributed by atoms with van der Waals surface area (Å²) in [6.45, 7) is 2.35. The van der Waals surface area contributed by atoms with Crippen molar-refractivity contribution in [3.8, 4) is 5.75 Å². The second-order valence-electron chi connectivity index (χ2n) is 4.17. The van der Waals surface area contributed by atoms with Gasteiger partial charge in [0, 0.05) is 12.5 Å². The summed E-state index contributed by atoms with van der Waals surface area (Å²) in [6.07, 6.45) is 0.541. The summed E-state index contributed by atoms with van der Waals surface area (Å²) < 4.78 is 23.8. The number of nitrogens with two attached hydrogens (primary N) is 1. The van der Waals surface area contributed by atoms with Gasteiger partial charge >= 0.3 is 0 Å². The third-order valence-corrected chi connectivity index (χ3v) is 2.87. The molecule has 2 atom stereocenters. The van der Waals surface area contributed by atoms with Crippen LogP contribution in [0.4, 0.5) is 4.39 Å². The van der Waals surface area contributed by atoms with Crippen molar-refractivity contribution in [2.45, 2.75) is 25.5 Å². The van der Waals surface area contributed by atoms with Crippen LogP contribution in [-0.2, 0) is 4.74 Å². The zero-order valence-corrected chi connectivity index (χ0v) is 10.7. The Hall–Kier alpha value is -1.49. The Morgan fingerprint density at radius 2 is 2.44 bits per heavy atom. The van der Waals surface area contributed by atoms with Crippen molar-refractivity contribution in [1.29, 1.82) is 0 Å². The summed E-state index contributed by atoms with van der Waals surface area (Å²) in [5.74, 6) is -0.0481. The van der Waals surface area contributed by atoms with Crippen LogP contribution in [-0.4, -0.2) is 24.8 Å². The monoisotopic (exact) mass is 272 g/mol. The van der Waals surface area contributed by atoms with E-state index in [2.05, 4.69) is 4.99 Å².